The quantitative estimate of drug-likeness (QED) is 0.887. The number of carbonyl (C=O) groups is 1. The average molecular weight is 327 g/mol. The Morgan fingerprint density at radius 2 is 1.62 bits per heavy atom. The second kappa shape index (κ2) is 6.09. The summed E-state index contributed by atoms with van der Waals surface area (Å²) in [5.74, 6) is 3.66. The maximum Gasteiger partial charge on any atom is 0.257 e. The normalized spacial score (nSPS) is 33.5. The van der Waals surface area contributed by atoms with E-state index in [4.69, 9.17) is 4.74 Å². The molecule has 1 amide bonds. The molecule has 4 fully saturated rings. The summed E-state index contributed by atoms with van der Waals surface area (Å²) in [5, 5.41) is 3.18. The molecule has 3 heteroatoms. The fourth-order valence-corrected chi connectivity index (χ4v) is 6.01. The molecular formula is C21H29NO2. The minimum atomic E-state index is 0.0217. The van der Waals surface area contributed by atoms with Crippen LogP contribution in [0.15, 0.2) is 18.2 Å². The van der Waals surface area contributed by atoms with Crippen molar-refractivity contribution in [1.82, 2.24) is 5.32 Å². The molecule has 3 nitrogen and oxygen atoms in total. The van der Waals surface area contributed by atoms with E-state index in [1.165, 1.54) is 38.5 Å². The summed E-state index contributed by atoms with van der Waals surface area (Å²) >= 11 is 0. The number of carbonyl (C=O) groups excluding carboxylic acids is 1. The van der Waals surface area contributed by atoms with E-state index in [-0.39, 0.29) is 12.5 Å². The van der Waals surface area contributed by atoms with E-state index < -0.39 is 0 Å². The van der Waals surface area contributed by atoms with Crippen molar-refractivity contribution in [3.05, 3.63) is 29.3 Å². The van der Waals surface area contributed by atoms with Gasteiger partial charge in [-0.2, -0.15) is 0 Å². The number of para-hydroxylation sites is 1. The molecule has 1 aromatic rings. The third kappa shape index (κ3) is 3.05. The van der Waals surface area contributed by atoms with Gasteiger partial charge in [-0.3, -0.25) is 4.79 Å². The first-order valence-electron chi connectivity index (χ1n) is 9.49. The van der Waals surface area contributed by atoms with Crippen LogP contribution in [0.25, 0.3) is 0 Å². The zero-order chi connectivity index (χ0) is 16.7. The molecule has 0 radical (unpaired) electrons. The van der Waals surface area contributed by atoms with E-state index >= 15 is 0 Å². The van der Waals surface area contributed by atoms with E-state index in [1.807, 2.05) is 32.0 Å². The van der Waals surface area contributed by atoms with Gasteiger partial charge in [-0.25, -0.2) is 0 Å². The van der Waals surface area contributed by atoms with Crippen molar-refractivity contribution in [3.63, 3.8) is 0 Å². The molecule has 4 aliphatic rings. The smallest absolute Gasteiger partial charge is 0.257 e. The molecule has 0 spiro atoms. The van der Waals surface area contributed by atoms with Crippen LogP contribution in [0.1, 0.15) is 49.7 Å². The highest BCUT2D eigenvalue weighted by molar-refractivity contribution is 5.77. The second-order valence-corrected chi connectivity index (χ2v) is 8.70. The Labute approximate surface area is 145 Å². The molecule has 1 aromatic carbocycles. The van der Waals surface area contributed by atoms with Gasteiger partial charge in [0, 0.05) is 6.54 Å². The summed E-state index contributed by atoms with van der Waals surface area (Å²) in [5.41, 5.74) is 2.57. The van der Waals surface area contributed by atoms with Gasteiger partial charge in [0.15, 0.2) is 6.61 Å². The van der Waals surface area contributed by atoms with Crippen molar-refractivity contribution < 1.29 is 9.53 Å². The van der Waals surface area contributed by atoms with Crippen LogP contribution in [0.3, 0.4) is 0 Å². The summed E-state index contributed by atoms with van der Waals surface area (Å²) in [6.07, 6.45) is 8.33. The standard InChI is InChI=1S/C21H29NO2/c1-14-4-3-5-15(2)20(14)24-12-19(23)22-13-21-9-16-6-17(10-21)8-18(7-16)11-21/h3-5,16-18H,6-13H2,1-2H3,(H,22,23). The molecule has 0 saturated heterocycles. The van der Waals surface area contributed by atoms with Crippen LogP contribution >= 0.6 is 0 Å². The van der Waals surface area contributed by atoms with Crippen LogP contribution in [0.5, 0.6) is 5.75 Å². The Balaban J connectivity index is 1.31. The van der Waals surface area contributed by atoms with Crippen molar-refractivity contribution in [2.24, 2.45) is 23.2 Å². The number of hydrogen-bond donors (Lipinski definition) is 1. The Morgan fingerprint density at radius 1 is 1.08 bits per heavy atom. The number of rotatable bonds is 5. The predicted octanol–water partition coefficient (Wildman–Crippen LogP) is 4.01. The van der Waals surface area contributed by atoms with Crippen molar-refractivity contribution >= 4 is 5.91 Å². The Kier molecular flexibility index (Phi) is 4.06. The summed E-state index contributed by atoms with van der Waals surface area (Å²) < 4.78 is 5.79. The van der Waals surface area contributed by atoms with Gasteiger partial charge in [-0.1, -0.05) is 18.2 Å². The molecule has 4 bridgehead atoms. The van der Waals surface area contributed by atoms with Gasteiger partial charge in [0.1, 0.15) is 5.75 Å². The van der Waals surface area contributed by atoms with Gasteiger partial charge < -0.3 is 10.1 Å². The molecule has 0 aliphatic heterocycles. The molecule has 4 aliphatic carbocycles. The Bertz CT molecular complexity index is 581. The lowest BCUT2D eigenvalue weighted by Crippen LogP contribution is -2.51. The number of ether oxygens (including phenoxy) is 1. The van der Waals surface area contributed by atoms with Crippen molar-refractivity contribution in [1.29, 1.82) is 0 Å². The van der Waals surface area contributed by atoms with E-state index in [0.717, 1.165) is 41.2 Å². The zero-order valence-corrected chi connectivity index (χ0v) is 14.9. The first-order valence-corrected chi connectivity index (χ1v) is 9.49. The SMILES string of the molecule is Cc1cccc(C)c1OCC(=O)NCC12CC3CC(CC(C3)C1)C2. The Hall–Kier alpha value is -1.51. The molecule has 24 heavy (non-hydrogen) atoms. The van der Waals surface area contributed by atoms with Gasteiger partial charge in [0.25, 0.3) is 5.91 Å². The highest BCUT2D eigenvalue weighted by atomic mass is 16.5. The lowest BCUT2D eigenvalue weighted by atomic mass is 9.49. The summed E-state index contributed by atoms with van der Waals surface area (Å²) in [7, 11) is 0. The third-order valence-electron chi connectivity index (χ3n) is 6.58. The van der Waals surface area contributed by atoms with Crippen molar-refractivity contribution in [3.8, 4) is 5.75 Å². The summed E-state index contributed by atoms with van der Waals surface area (Å²) in [6, 6.07) is 6.07. The lowest BCUT2D eigenvalue weighted by molar-refractivity contribution is -0.125. The van der Waals surface area contributed by atoms with Crippen LogP contribution in [0.2, 0.25) is 0 Å². The number of hydrogen-bond acceptors (Lipinski definition) is 2. The number of aryl methyl sites for hydroxylation is 2. The van der Waals surface area contributed by atoms with Crippen LogP contribution in [0.4, 0.5) is 0 Å². The summed E-state index contributed by atoms with van der Waals surface area (Å²) in [6.45, 7) is 5.02. The molecule has 0 atom stereocenters. The van der Waals surface area contributed by atoms with Crippen molar-refractivity contribution in [2.75, 3.05) is 13.2 Å². The zero-order valence-electron chi connectivity index (χ0n) is 14.9. The first kappa shape index (κ1) is 16.0. The molecular weight excluding hydrogens is 298 g/mol. The van der Waals surface area contributed by atoms with E-state index in [0.29, 0.717) is 5.41 Å². The Morgan fingerprint density at radius 3 is 2.17 bits per heavy atom. The molecule has 0 unspecified atom stereocenters. The minimum absolute atomic E-state index is 0.0217. The molecule has 5 rings (SSSR count). The maximum atomic E-state index is 12.3. The topological polar surface area (TPSA) is 38.3 Å². The number of benzene rings is 1. The van der Waals surface area contributed by atoms with Gasteiger partial charge in [-0.15, -0.1) is 0 Å². The van der Waals surface area contributed by atoms with E-state index in [1.54, 1.807) is 0 Å². The highest BCUT2D eigenvalue weighted by Crippen LogP contribution is 2.59. The average Bonchev–Trinajstić information content (AvgIpc) is 2.51. The van der Waals surface area contributed by atoms with Gasteiger partial charge >= 0.3 is 0 Å². The lowest BCUT2D eigenvalue weighted by Gasteiger charge is -2.56. The van der Waals surface area contributed by atoms with E-state index in [9.17, 15) is 4.79 Å². The van der Waals surface area contributed by atoms with Crippen LogP contribution in [0, 0.1) is 37.0 Å². The minimum Gasteiger partial charge on any atom is -0.483 e. The van der Waals surface area contributed by atoms with Gasteiger partial charge in [-0.05, 0) is 86.7 Å². The highest BCUT2D eigenvalue weighted by Gasteiger charge is 2.50. The number of amides is 1. The fourth-order valence-electron chi connectivity index (χ4n) is 6.01. The second-order valence-electron chi connectivity index (χ2n) is 8.70. The van der Waals surface area contributed by atoms with E-state index in [2.05, 4.69) is 5.32 Å². The molecule has 1 N–H and O–H groups in total. The molecule has 4 saturated carbocycles. The first-order chi connectivity index (χ1) is 11.5. The summed E-state index contributed by atoms with van der Waals surface area (Å²) in [4.78, 5) is 12.3. The molecule has 0 heterocycles. The van der Waals surface area contributed by atoms with Crippen LogP contribution in [-0.2, 0) is 4.79 Å². The molecule has 130 valence electrons. The number of nitrogens with one attached hydrogen (secondary N) is 1. The molecule has 0 aromatic heterocycles. The van der Waals surface area contributed by atoms with Gasteiger partial charge in [0.2, 0.25) is 0 Å². The third-order valence-corrected chi connectivity index (χ3v) is 6.58. The maximum absolute atomic E-state index is 12.3. The monoisotopic (exact) mass is 327 g/mol. The van der Waals surface area contributed by atoms with Gasteiger partial charge in [0.05, 0.1) is 0 Å². The predicted molar refractivity (Wildman–Crippen MR) is 95.0 cm³/mol. The van der Waals surface area contributed by atoms with Crippen molar-refractivity contribution in [2.45, 2.75) is 52.4 Å². The van der Waals surface area contributed by atoms with Crippen LogP contribution < -0.4 is 10.1 Å². The largest absolute Gasteiger partial charge is 0.483 e. The fraction of sp³-hybridized carbons (Fsp3) is 0.667. The van der Waals surface area contributed by atoms with Crippen LogP contribution in [-0.4, -0.2) is 19.1 Å².